The lowest BCUT2D eigenvalue weighted by Gasteiger charge is -2.17. The highest BCUT2D eigenvalue weighted by atomic mass is 14.7. The van der Waals surface area contributed by atoms with Crippen molar-refractivity contribution in [3.8, 4) is 34.5 Å². The molecule has 4 heteroatoms. The first-order chi connectivity index (χ1) is 17.7. The number of allylic oxidation sites excluding steroid dienone is 3. The van der Waals surface area contributed by atoms with E-state index in [1.807, 2.05) is 42.5 Å². The fourth-order valence-electron chi connectivity index (χ4n) is 4.68. The van der Waals surface area contributed by atoms with Gasteiger partial charge in [-0.25, -0.2) is 0 Å². The van der Waals surface area contributed by atoms with E-state index in [-0.39, 0.29) is 0 Å². The highest BCUT2D eigenvalue weighted by molar-refractivity contribution is 6.15. The molecule has 0 fully saturated rings. The van der Waals surface area contributed by atoms with Crippen molar-refractivity contribution in [3.63, 3.8) is 0 Å². The highest BCUT2D eigenvalue weighted by Crippen LogP contribution is 2.40. The van der Waals surface area contributed by atoms with Crippen LogP contribution in [0.1, 0.15) is 11.1 Å². The van der Waals surface area contributed by atoms with Crippen molar-refractivity contribution in [1.29, 1.82) is 10.5 Å². The third kappa shape index (κ3) is 4.20. The Bertz CT molecular complexity index is 1730. The van der Waals surface area contributed by atoms with Gasteiger partial charge in [-0.15, -0.1) is 0 Å². The Labute approximate surface area is 209 Å². The van der Waals surface area contributed by atoms with Crippen LogP contribution in [0.5, 0.6) is 0 Å². The third-order valence-corrected chi connectivity index (χ3v) is 6.32. The molecule has 0 saturated heterocycles. The molecular formula is C32H22N4. The summed E-state index contributed by atoms with van der Waals surface area (Å²) in [6.45, 7) is 0. The molecule has 0 aliphatic carbocycles. The third-order valence-electron chi connectivity index (χ3n) is 6.32. The zero-order chi connectivity index (χ0) is 24.9. The summed E-state index contributed by atoms with van der Waals surface area (Å²) in [5.74, 6) is 0. The van der Waals surface area contributed by atoms with E-state index in [9.17, 15) is 10.5 Å². The number of nitrogens with zero attached hydrogens (tertiary/aromatic N) is 3. The number of rotatable bonds is 5. The van der Waals surface area contributed by atoms with Crippen molar-refractivity contribution < 1.29 is 0 Å². The van der Waals surface area contributed by atoms with Crippen LogP contribution in [0.4, 0.5) is 0 Å². The van der Waals surface area contributed by atoms with E-state index in [1.165, 1.54) is 6.20 Å². The number of pyridine rings is 1. The molecule has 0 radical (unpaired) electrons. The second-order valence-electron chi connectivity index (χ2n) is 8.40. The molecule has 0 unspecified atom stereocenters. The maximum absolute atomic E-state index is 9.54. The Morgan fingerprint density at radius 2 is 1.56 bits per heavy atom. The fraction of sp³-hybridized carbons (Fsp3) is 0.0312. The van der Waals surface area contributed by atoms with Gasteiger partial charge in [0.15, 0.2) is 0 Å². The van der Waals surface area contributed by atoms with Gasteiger partial charge in [0.25, 0.3) is 0 Å². The second-order valence-corrected chi connectivity index (χ2v) is 8.40. The van der Waals surface area contributed by atoms with Crippen LogP contribution in [0.3, 0.4) is 0 Å². The minimum Gasteiger partial charge on any atom is -0.405 e. The van der Waals surface area contributed by atoms with Crippen LogP contribution in [0, 0.1) is 22.7 Å². The molecular weight excluding hydrogens is 440 g/mol. The number of nitrogens with two attached hydrogens (primary N) is 1. The van der Waals surface area contributed by atoms with Crippen LogP contribution in [0.25, 0.3) is 43.9 Å². The van der Waals surface area contributed by atoms with Crippen LogP contribution in [0.2, 0.25) is 0 Å². The molecule has 0 atom stereocenters. The molecule has 0 saturated carbocycles. The molecule has 36 heavy (non-hydrogen) atoms. The van der Waals surface area contributed by atoms with E-state index in [4.69, 9.17) is 5.73 Å². The van der Waals surface area contributed by atoms with Crippen LogP contribution in [-0.4, -0.2) is 4.98 Å². The number of fused-ring (bicyclic) bond motifs is 2. The van der Waals surface area contributed by atoms with Crippen LogP contribution in [-0.2, 0) is 6.42 Å². The van der Waals surface area contributed by atoms with E-state index < -0.39 is 0 Å². The topological polar surface area (TPSA) is 86.5 Å². The SMILES string of the molecule is N#CC(/C=C\N)=C/Cc1c2ccccc2c(-c2cc(C#N)ccn2)c2ccc(-c3ccccc3)cc12. The van der Waals surface area contributed by atoms with E-state index >= 15 is 0 Å². The van der Waals surface area contributed by atoms with Gasteiger partial charge in [0.05, 0.1) is 23.4 Å². The standard InChI is InChI=1S/C32H22N4/c33-16-14-22(20-34)10-12-27-26-8-4-5-9-28(26)32(31-18-23(21-35)15-17-36-31)29-13-11-25(19-30(27)29)24-6-2-1-3-7-24/h1-11,13-19H,12,33H2/b16-14-,22-10+. The van der Waals surface area contributed by atoms with Gasteiger partial charge in [-0.1, -0.05) is 72.8 Å². The van der Waals surface area contributed by atoms with Crippen molar-refractivity contribution >= 4 is 21.5 Å². The van der Waals surface area contributed by atoms with E-state index in [1.54, 1.807) is 18.3 Å². The molecule has 0 bridgehead atoms. The summed E-state index contributed by atoms with van der Waals surface area (Å²) in [6, 6.07) is 33.0. The Hall–Kier alpha value is -5.19. The van der Waals surface area contributed by atoms with Crippen molar-refractivity contribution in [2.75, 3.05) is 0 Å². The summed E-state index contributed by atoms with van der Waals surface area (Å²) in [6.07, 6.45) is 7.16. The summed E-state index contributed by atoms with van der Waals surface area (Å²) in [5.41, 5.74) is 11.7. The molecule has 4 aromatic carbocycles. The number of benzene rings is 4. The van der Waals surface area contributed by atoms with E-state index in [2.05, 4.69) is 59.6 Å². The fourth-order valence-corrected chi connectivity index (χ4v) is 4.68. The maximum Gasteiger partial charge on any atom is 0.0992 e. The number of aromatic nitrogens is 1. The number of nitriles is 2. The molecule has 170 valence electrons. The quantitative estimate of drug-likeness (QED) is 0.172. The van der Waals surface area contributed by atoms with Gasteiger partial charge in [-0.2, -0.15) is 10.5 Å². The summed E-state index contributed by atoms with van der Waals surface area (Å²) in [5, 5.41) is 23.3. The Morgan fingerprint density at radius 1 is 0.806 bits per heavy atom. The summed E-state index contributed by atoms with van der Waals surface area (Å²) in [7, 11) is 0. The van der Waals surface area contributed by atoms with E-state index in [0.717, 1.165) is 49.5 Å². The first-order valence-corrected chi connectivity index (χ1v) is 11.6. The summed E-state index contributed by atoms with van der Waals surface area (Å²) in [4.78, 5) is 4.65. The molecule has 2 N–H and O–H groups in total. The molecule has 5 rings (SSSR count). The minimum atomic E-state index is 0.515. The molecule has 0 aliphatic rings. The monoisotopic (exact) mass is 462 g/mol. The van der Waals surface area contributed by atoms with Crippen molar-refractivity contribution in [2.24, 2.45) is 5.73 Å². The predicted molar refractivity (Wildman–Crippen MR) is 146 cm³/mol. The largest absolute Gasteiger partial charge is 0.405 e. The van der Waals surface area contributed by atoms with Gasteiger partial charge >= 0.3 is 0 Å². The summed E-state index contributed by atoms with van der Waals surface area (Å²) < 4.78 is 0. The lowest BCUT2D eigenvalue weighted by atomic mass is 9.87. The van der Waals surface area contributed by atoms with Gasteiger partial charge in [0.2, 0.25) is 0 Å². The normalized spacial score (nSPS) is 11.6. The van der Waals surface area contributed by atoms with Gasteiger partial charge in [0, 0.05) is 17.3 Å². The second kappa shape index (κ2) is 9.97. The van der Waals surface area contributed by atoms with Gasteiger partial charge in [0.1, 0.15) is 0 Å². The summed E-state index contributed by atoms with van der Waals surface area (Å²) >= 11 is 0. The lowest BCUT2D eigenvalue weighted by molar-refractivity contribution is 1.30. The van der Waals surface area contributed by atoms with Crippen LogP contribution >= 0.6 is 0 Å². The van der Waals surface area contributed by atoms with Gasteiger partial charge < -0.3 is 5.73 Å². The van der Waals surface area contributed by atoms with Crippen LogP contribution < -0.4 is 5.73 Å². The van der Waals surface area contributed by atoms with Gasteiger partial charge in [-0.05, 0) is 75.1 Å². The first-order valence-electron chi connectivity index (χ1n) is 11.6. The lowest BCUT2D eigenvalue weighted by Crippen LogP contribution is -1.96. The zero-order valence-electron chi connectivity index (χ0n) is 19.5. The Morgan fingerprint density at radius 3 is 2.31 bits per heavy atom. The van der Waals surface area contributed by atoms with Crippen molar-refractivity contribution in [1.82, 2.24) is 4.98 Å². The molecule has 4 nitrogen and oxygen atoms in total. The number of hydrogen-bond donors (Lipinski definition) is 1. The molecule has 0 spiro atoms. The average molecular weight is 463 g/mol. The maximum atomic E-state index is 9.54. The molecule has 0 amide bonds. The smallest absolute Gasteiger partial charge is 0.0992 e. The van der Waals surface area contributed by atoms with Crippen molar-refractivity contribution in [2.45, 2.75) is 6.42 Å². The highest BCUT2D eigenvalue weighted by Gasteiger charge is 2.17. The molecule has 1 heterocycles. The van der Waals surface area contributed by atoms with E-state index in [0.29, 0.717) is 17.6 Å². The van der Waals surface area contributed by atoms with Gasteiger partial charge in [-0.3, -0.25) is 4.98 Å². The Balaban J connectivity index is 1.88. The van der Waals surface area contributed by atoms with Crippen LogP contribution in [0.15, 0.2) is 115 Å². The predicted octanol–water partition coefficient (Wildman–Crippen LogP) is 7.06. The number of hydrogen-bond acceptors (Lipinski definition) is 4. The first kappa shape index (κ1) is 22.6. The zero-order valence-corrected chi connectivity index (χ0v) is 19.5. The molecule has 0 aliphatic heterocycles. The molecule has 1 aromatic heterocycles. The Kier molecular flexibility index (Phi) is 6.26. The molecule has 5 aromatic rings. The average Bonchev–Trinajstić information content (AvgIpc) is 2.94. The van der Waals surface area contributed by atoms with Crippen molar-refractivity contribution in [3.05, 3.63) is 126 Å². The minimum absolute atomic E-state index is 0.515.